The molecule has 5 heteroatoms. The minimum atomic E-state index is -0.0746. The van der Waals surface area contributed by atoms with E-state index in [1.54, 1.807) is 18.0 Å². The zero-order valence-electron chi connectivity index (χ0n) is 11.5. The summed E-state index contributed by atoms with van der Waals surface area (Å²) >= 11 is 1.65. The van der Waals surface area contributed by atoms with Crippen LogP contribution in [0.4, 0.5) is 5.69 Å². The van der Waals surface area contributed by atoms with Crippen molar-refractivity contribution in [3.05, 3.63) is 48.4 Å². The third-order valence-electron chi connectivity index (χ3n) is 2.74. The van der Waals surface area contributed by atoms with Crippen molar-refractivity contribution in [2.45, 2.75) is 30.0 Å². The van der Waals surface area contributed by atoms with Gasteiger partial charge in [-0.3, -0.25) is 4.79 Å². The number of hydrogen-bond acceptors (Lipinski definition) is 4. The normalized spacial score (nSPS) is 13.8. The van der Waals surface area contributed by atoms with Crippen molar-refractivity contribution in [3.63, 3.8) is 0 Å². The molecule has 20 heavy (non-hydrogen) atoms. The van der Waals surface area contributed by atoms with Crippen molar-refractivity contribution in [1.29, 1.82) is 0 Å². The molecule has 0 aliphatic carbocycles. The quantitative estimate of drug-likeness (QED) is 0.828. The molecule has 0 saturated heterocycles. The molecule has 0 radical (unpaired) electrons. The number of rotatable bonds is 5. The highest BCUT2D eigenvalue weighted by Gasteiger charge is 2.20. The molecule has 4 nitrogen and oxygen atoms in total. The van der Waals surface area contributed by atoms with E-state index < -0.39 is 0 Å². The molecule has 1 amide bonds. The maximum atomic E-state index is 11.0. The number of benzene rings is 1. The van der Waals surface area contributed by atoms with Crippen molar-refractivity contribution in [2.75, 3.05) is 5.32 Å². The van der Waals surface area contributed by atoms with Gasteiger partial charge in [0.25, 0.3) is 0 Å². The fraction of sp³-hybridized carbons (Fsp3) is 0.267. The number of carbonyl (C=O) groups excluding carboxylic acids is 1. The summed E-state index contributed by atoms with van der Waals surface area (Å²) in [7, 11) is 0. The summed E-state index contributed by atoms with van der Waals surface area (Å²) in [5.41, 5.74) is 6.82. The minimum absolute atomic E-state index is 0.0267. The van der Waals surface area contributed by atoms with E-state index in [-0.39, 0.29) is 17.2 Å². The number of carbonyl (C=O) groups is 1. The summed E-state index contributed by atoms with van der Waals surface area (Å²) < 4.78 is 5.45. The van der Waals surface area contributed by atoms with Crippen molar-refractivity contribution in [2.24, 2.45) is 5.73 Å². The molecule has 0 aliphatic heterocycles. The van der Waals surface area contributed by atoms with Crippen LogP contribution in [-0.4, -0.2) is 11.9 Å². The van der Waals surface area contributed by atoms with Gasteiger partial charge in [-0.15, -0.1) is 11.8 Å². The summed E-state index contributed by atoms with van der Waals surface area (Å²) in [4.78, 5) is 12.1. The molecule has 0 fully saturated rings. The van der Waals surface area contributed by atoms with Crippen LogP contribution < -0.4 is 11.1 Å². The Morgan fingerprint density at radius 1 is 1.30 bits per heavy atom. The van der Waals surface area contributed by atoms with Gasteiger partial charge in [0.05, 0.1) is 11.5 Å². The Kier molecular flexibility index (Phi) is 4.87. The van der Waals surface area contributed by atoms with Crippen LogP contribution in [0.5, 0.6) is 0 Å². The largest absolute Gasteiger partial charge is 0.468 e. The third-order valence-corrected chi connectivity index (χ3v) is 4.20. The SMILES string of the molecule is CC(=O)Nc1ccc(SC(c2ccco2)C(C)N)cc1. The molecular weight excluding hydrogens is 272 g/mol. The summed E-state index contributed by atoms with van der Waals surface area (Å²) in [5, 5.41) is 2.81. The lowest BCUT2D eigenvalue weighted by atomic mass is 10.2. The van der Waals surface area contributed by atoms with Crippen molar-refractivity contribution in [3.8, 4) is 0 Å². The number of amides is 1. The number of nitrogens with one attached hydrogen (secondary N) is 1. The van der Waals surface area contributed by atoms with Crippen LogP contribution in [0.2, 0.25) is 0 Å². The molecule has 0 spiro atoms. The van der Waals surface area contributed by atoms with E-state index in [1.807, 2.05) is 43.3 Å². The van der Waals surface area contributed by atoms with Crippen LogP contribution in [0.3, 0.4) is 0 Å². The lowest BCUT2D eigenvalue weighted by Gasteiger charge is -2.18. The van der Waals surface area contributed by atoms with E-state index in [0.29, 0.717) is 0 Å². The van der Waals surface area contributed by atoms with E-state index >= 15 is 0 Å². The zero-order valence-corrected chi connectivity index (χ0v) is 12.3. The molecular formula is C15H18N2O2S. The van der Waals surface area contributed by atoms with Gasteiger partial charge in [0.2, 0.25) is 5.91 Å². The first-order chi connectivity index (χ1) is 9.56. The Morgan fingerprint density at radius 2 is 2.00 bits per heavy atom. The first kappa shape index (κ1) is 14.7. The Bertz CT molecular complexity index is 550. The summed E-state index contributed by atoms with van der Waals surface area (Å²) in [6.07, 6.45) is 1.66. The summed E-state index contributed by atoms with van der Waals surface area (Å²) in [6, 6.07) is 11.5. The van der Waals surface area contributed by atoms with E-state index in [1.165, 1.54) is 6.92 Å². The number of furan rings is 1. The molecule has 0 aliphatic rings. The van der Waals surface area contributed by atoms with Crippen LogP contribution in [0.25, 0.3) is 0 Å². The topological polar surface area (TPSA) is 68.3 Å². The van der Waals surface area contributed by atoms with E-state index in [9.17, 15) is 4.79 Å². The molecule has 1 aromatic carbocycles. The predicted octanol–water partition coefficient (Wildman–Crippen LogP) is 3.42. The first-order valence-corrected chi connectivity index (χ1v) is 7.27. The van der Waals surface area contributed by atoms with Gasteiger partial charge in [-0.2, -0.15) is 0 Å². The van der Waals surface area contributed by atoms with Gasteiger partial charge in [0.1, 0.15) is 5.76 Å². The Balaban J connectivity index is 2.09. The lowest BCUT2D eigenvalue weighted by molar-refractivity contribution is -0.114. The molecule has 106 valence electrons. The first-order valence-electron chi connectivity index (χ1n) is 6.39. The van der Waals surface area contributed by atoms with Gasteiger partial charge >= 0.3 is 0 Å². The highest BCUT2D eigenvalue weighted by molar-refractivity contribution is 7.99. The Labute approximate surface area is 122 Å². The number of nitrogens with two attached hydrogens (primary N) is 1. The average molecular weight is 290 g/mol. The highest BCUT2D eigenvalue weighted by Crippen LogP contribution is 2.37. The third kappa shape index (κ3) is 3.88. The predicted molar refractivity (Wildman–Crippen MR) is 81.7 cm³/mol. The number of anilines is 1. The molecule has 0 bridgehead atoms. The molecule has 0 saturated carbocycles. The van der Waals surface area contributed by atoms with E-state index in [4.69, 9.17) is 10.2 Å². The highest BCUT2D eigenvalue weighted by atomic mass is 32.2. The molecule has 2 atom stereocenters. The molecule has 3 N–H and O–H groups in total. The molecule has 1 heterocycles. The molecule has 2 aromatic rings. The lowest BCUT2D eigenvalue weighted by Crippen LogP contribution is -2.22. The standard InChI is InChI=1S/C15H18N2O2S/c1-10(16)15(14-4-3-9-19-14)20-13-7-5-12(6-8-13)17-11(2)18/h3-10,15H,16H2,1-2H3,(H,17,18). The van der Waals surface area contributed by atoms with Crippen molar-refractivity contribution < 1.29 is 9.21 Å². The van der Waals surface area contributed by atoms with Crippen LogP contribution >= 0.6 is 11.8 Å². The van der Waals surface area contributed by atoms with Gasteiger partial charge in [-0.05, 0) is 43.3 Å². The van der Waals surface area contributed by atoms with Crippen molar-refractivity contribution in [1.82, 2.24) is 0 Å². The van der Waals surface area contributed by atoms with Crippen LogP contribution in [0.15, 0.2) is 52.0 Å². The van der Waals surface area contributed by atoms with Crippen LogP contribution in [0.1, 0.15) is 24.9 Å². The van der Waals surface area contributed by atoms with Crippen LogP contribution in [0, 0.1) is 0 Å². The van der Waals surface area contributed by atoms with Crippen molar-refractivity contribution >= 4 is 23.4 Å². The van der Waals surface area contributed by atoms with Gasteiger partial charge in [0, 0.05) is 23.5 Å². The Hall–Kier alpha value is -1.72. The molecule has 2 rings (SSSR count). The number of hydrogen-bond donors (Lipinski definition) is 2. The monoisotopic (exact) mass is 290 g/mol. The average Bonchev–Trinajstić information content (AvgIpc) is 2.90. The second-order valence-corrected chi connectivity index (χ2v) is 5.83. The smallest absolute Gasteiger partial charge is 0.221 e. The summed E-state index contributed by atoms with van der Waals surface area (Å²) in [5.74, 6) is 0.797. The van der Waals surface area contributed by atoms with E-state index in [2.05, 4.69) is 5.32 Å². The zero-order chi connectivity index (χ0) is 14.5. The molecule has 2 unspecified atom stereocenters. The maximum Gasteiger partial charge on any atom is 0.221 e. The fourth-order valence-electron chi connectivity index (χ4n) is 1.84. The second-order valence-electron chi connectivity index (χ2n) is 4.62. The van der Waals surface area contributed by atoms with E-state index in [0.717, 1.165) is 16.3 Å². The summed E-state index contributed by atoms with van der Waals surface area (Å²) in [6.45, 7) is 3.46. The fourth-order valence-corrected chi connectivity index (χ4v) is 2.90. The van der Waals surface area contributed by atoms with Gasteiger partial charge in [0.15, 0.2) is 0 Å². The minimum Gasteiger partial charge on any atom is -0.468 e. The molecule has 1 aromatic heterocycles. The second kappa shape index (κ2) is 6.63. The van der Waals surface area contributed by atoms with Crippen LogP contribution in [-0.2, 0) is 4.79 Å². The Morgan fingerprint density at radius 3 is 2.50 bits per heavy atom. The maximum absolute atomic E-state index is 11.0. The number of thioether (sulfide) groups is 1. The van der Waals surface area contributed by atoms with Gasteiger partial charge < -0.3 is 15.5 Å². The van der Waals surface area contributed by atoms with Gasteiger partial charge in [-0.25, -0.2) is 0 Å². The van der Waals surface area contributed by atoms with Gasteiger partial charge in [-0.1, -0.05) is 0 Å².